The Kier molecular flexibility index (Phi) is 5.30. The van der Waals surface area contributed by atoms with Gasteiger partial charge in [0, 0.05) is 27.8 Å². The van der Waals surface area contributed by atoms with Gasteiger partial charge in [-0.05, 0) is 58.2 Å². The van der Waals surface area contributed by atoms with E-state index in [2.05, 4.69) is 25.6 Å². The molecule has 2 aromatic carbocycles. The third-order valence-electron chi connectivity index (χ3n) is 4.25. The summed E-state index contributed by atoms with van der Waals surface area (Å²) in [7, 11) is -3.78. The first-order chi connectivity index (χ1) is 13.3. The molecule has 1 aliphatic heterocycles. The summed E-state index contributed by atoms with van der Waals surface area (Å²) in [5.41, 5.74) is 3.53. The summed E-state index contributed by atoms with van der Waals surface area (Å²) in [4.78, 5) is 4.54. The van der Waals surface area contributed by atoms with E-state index in [1.54, 1.807) is 24.3 Å². The molecule has 9 heteroatoms. The summed E-state index contributed by atoms with van der Waals surface area (Å²) < 4.78 is 42.6. The molecule has 0 aliphatic carbocycles. The number of hydrogen-bond acceptors (Lipinski definition) is 4. The summed E-state index contributed by atoms with van der Waals surface area (Å²) >= 11 is 10.1. The van der Waals surface area contributed by atoms with E-state index in [4.69, 9.17) is 11.6 Å². The smallest absolute Gasteiger partial charge is 0.271 e. The minimum atomic E-state index is -3.78. The second-order valence-corrected chi connectivity index (χ2v) is 10.6. The zero-order valence-electron chi connectivity index (χ0n) is 14.2. The van der Waals surface area contributed by atoms with Crippen LogP contribution in [0.15, 0.2) is 62.2 Å². The molecule has 0 atom stereocenters. The number of fused-ring (bicyclic) bond motifs is 1. The molecule has 4 rings (SSSR count). The average molecular weight is 500 g/mol. The molecular weight excluding hydrogens is 487 g/mol. The molecule has 1 N–H and O–H groups in total. The van der Waals surface area contributed by atoms with Crippen molar-refractivity contribution in [3.8, 4) is 0 Å². The Labute approximate surface area is 179 Å². The van der Waals surface area contributed by atoms with Crippen molar-refractivity contribution < 1.29 is 12.8 Å². The summed E-state index contributed by atoms with van der Waals surface area (Å²) in [5.74, 6) is -0.328. The van der Waals surface area contributed by atoms with Crippen LogP contribution in [0.25, 0.3) is 0 Å². The average Bonchev–Trinajstić information content (AvgIpc) is 3.01. The van der Waals surface area contributed by atoms with Crippen LogP contribution in [0.1, 0.15) is 16.7 Å². The Balaban J connectivity index is 1.68. The maximum Gasteiger partial charge on any atom is 0.271 e. The second-order valence-electron chi connectivity index (χ2n) is 6.16. The highest BCUT2D eigenvalue weighted by molar-refractivity contribution is 9.10. The highest BCUT2D eigenvalue weighted by atomic mass is 79.9. The van der Waals surface area contributed by atoms with Gasteiger partial charge in [-0.15, -0.1) is 11.3 Å². The largest absolute Gasteiger partial charge is 0.284 e. The van der Waals surface area contributed by atoms with Crippen LogP contribution in [0.4, 0.5) is 10.1 Å². The van der Waals surface area contributed by atoms with Crippen molar-refractivity contribution in [3.63, 3.8) is 0 Å². The Morgan fingerprint density at radius 3 is 2.75 bits per heavy atom. The normalized spacial score (nSPS) is 13.8. The van der Waals surface area contributed by atoms with Crippen LogP contribution < -0.4 is 4.72 Å². The van der Waals surface area contributed by atoms with Crippen LogP contribution in [0, 0.1) is 5.82 Å². The Bertz CT molecular complexity index is 1190. The highest BCUT2D eigenvalue weighted by Crippen LogP contribution is 2.35. The predicted molar refractivity (Wildman–Crippen MR) is 115 cm³/mol. The predicted octanol–water partition coefficient (Wildman–Crippen LogP) is 5.50. The fraction of sp³-hybridized carbons (Fsp3) is 0.105. The van der Waals surface area contributed by atoms with Crippen molar-refractivity contribution in [1.82, 2.24) is 0 Å². The van der Waals surface area contributed by atoms with Gasteiger partial charge in [-0.25, -0.2) is 12.8 Å². The number of nitrogens with zero attached hydrogens (tertiary/aromatic N) is 1. The van der Waals surface area contributed by atoms with E-state index in [-0.39, 0.29) is 10.0 Å². The first kappa shape index (κ1) is 19.6. The molecule has 2 heterocycles. The zero-order chi connectivity index (χ0) is 19.9. The van der Waals surface area contributed by atoms with E-state index in [0.717, 1.165) is 34.4 Å². The van der Waals surface area contributed by atoms with Gasteiger partial charge in [-0.1, -0.05) is 29.8 Å². The topological polar surface area (TPSA) is 58.5 Å². The maximum absolute atomic E-state index is 13.7. The van der Waals surface area contributed by atoms with E-state index in [9.17, 15) is 12.8 Å². The number of thiophene rings is 1. The lowest BCUT2D eigenvalue weighted by atomic mass is 9.93. The van der Waals surface area contributed by atoms with Crippen LogP contribution in [-0.4, -0.2) is 20.7 Å². The molecule has 1 aliphatic rings. The summed E-state index contributed by atoms with van der Waals surface area (Å²) in [6, 6.07) is 13.1. The van der Waals surface area contributed by atoms with Crippen LogP contribution in [-0.2, 0) is 16.4 Å². The van der Waals surface area contributed by atoms with Crippen molar-refractivity contribution in [2.24, 2.45) is 4.99 Å². The van der Waals surface area contributed by atoms with Gasteiger partial charge in [-0.2, -0.15) is 0 Å². The third-order valence-corrected chi connectivity index (χ3v) is 8.58. The molecule has 0 fully saturated rings. The number of benzene rings is 2. The van der Waals surface area contributed by atoms with Crippen molar-refractivity contribution in [2.45, 2.75) is 10.6 Å². The summed E-state index contributed by atoms with van der Waals surface area (Å²) in [6.45, 7) is 0.603. The van der Waals surface area contributed by atoms with Gasteiger partial charge in [-0.3, -0.25) is 9.71 Å². The van der Waals surface area contributed by atoms with E-state index in [1.165, 1.54) is 18.2 Å². The lowest BCUT2D eigenvalue weighted by molar-refractivity contribution is 0.603. The van der Waals surface area contributed by atoms with Gasteiger partial charge >= 0.3 is 0 Å². The number of aliphatic imine (C=N–C) groups is 1. The first-order valence-corrected chi connectivity index (χ1v) is 11.7. The molecule has 0 saturated carbocycles. The van der Waals surface area contributed by atoms with Crippen molar-refractivity contribution in [3.05, 3.63) is 79.8 Å². The number of nitrogens with one attached hydrogen (secondary N) is 1. The molecule has 28 heavy (non-hydrogen) atoms. The fourth-order valence-electron chi connectivity index (χ4n) is 3.00. The summed E-state index contributed by atoms with van der Waals surface area (Å²) in [5, 5.41) is 0. The fourth-order valence-corrected chi connectivity index (χ4v) is 6.35. The van der Waals surface area contributed by atoms with Crippen LogP contribution in [0.2, 0.25) is 4.34 Å². The number of sulfonamides is 1. The number of hydrogen-bond donors (Lipinski definition) is 1. The molecule has 0 saturated heterocycles. The Hall–Kier alpha value is -1.74. The SMILES string of the molecule is O=S(=O)(Nc1cccc(C2=NCCc3ccc(F)cc32)c1)c1cc(Br)c(Cl)s1. The standard InChI is InChI=1S/C19H13BrClFN2O2S2/c20-16-10-17(27-19(16)21)28(25,26)24-14-3-1-2-12(8-14)18-15-9-13(22)5-4-11(15)6-7-23-18/h1-5,8-10,24H,6-7H2. The van der Waals surface area contributed by atoms with E-state index >= 15 is 0 Å². The molecule has 144 valence electrons. The third kappa shape index (κ3) is 3.87. The lowest BCUT2D eigenvalue weighted by Gasteiger charge is -2.18. The van der Waals surface area contributed by atoms with Gasteiger partial charge in [0.15, 0.2) is 0 Å². The van der Waals surface area contributed by atoms with Gasteiger partial charge in [0.25, 0.3) is 10.0 Å². The Morgan fingerprint density at radius 1 is 1.18 bits per heavy atom. The molecule has 0 spiro atoms. The van der Waals surface area contributed by atoms with Gasteiger partial charge in [0.05, 0.1) is 5.71 Å². The molecule has 0 bridgehead atoms. The van der Waals surface area contributed by atoms with Gasteiger partial charge in [0.1, 0.15) is 14.4 Å². The first-order valence-electron chi connectivity index (χ1n) is 8.25. The van der Waals surface area contributed by atoms with Gasteiger partial charge in [0.2, 0.25) is 0 Å². The molecule has 1 aromatic heterocycles. The highest BCUT2D eigenvalue weighted by Gasteiger charge is 2.21. The monoisotopic (exact) mass is 498 g/mol. The van der Waals surface area contributed by atoms with Crippen LogP contribution >= 0.6 is 38.9 Å². The van der Waals surface area contributed by atoms with Crippen molar-refractivity contribution in [1.29, 1.82) is 0 Å². The summed E-state index contributed by atoms with van der Waals surface area (Å²) in [6.07, 6.45) is 0.749. The number of rotatable bonds is 4. The number of anilines is 1. The quantitative estimate of drug-likeness (QED) is 0.515. The molecular formula is C19H13BrClFN2O2S2. The lowest BCUT2D eigenvalue weighted by Crippen LogP contribution is -2.16. The molecule has 4 nitrogen and oxygen atoms in total. The van der Waals surface area contributed by atoms with E-state index in [0.29, 0.717) is 26.8 Å². The van der Waals surface area contributed by atoms with Crippen molar-refractivity contribution in [2.75, 3.05) is 11.3 Å². The zero-order valence-corrected chi connectivity index (χ0v) is 18.2. The molecule has 0 amide bonds. The van der Waals surface area contributed by atoms with Crippen LogP contribution in [0.5, 0.6) is 0 Å². The van der Waals surface area contributed by atoms with E-state index < -0.39 is 10.0 Å². The maximum atomic E-state index is 13.7. The van der Waals surface area contributed by atoms with Gasteiger partial charge < -0.3 is 0 Å². The Morgan fingerprint density at radius 2 is 2.00 bits per heavy atom. The molecule has 0 radical (unpaired) electrons. The van der Waals surface area contributed by atoms with E-state index in [1.807, 2.05) is 6.07 Å². The molecule has 3 aromatic rings. The number of halogens is 3. The molecule has 0 unspecified atom stereocenters. The minimum Gasteiger partial charge on any atom is -0.284 e. The van der Waals surface area contributed by atoms with Crippen LogP contribution in [0.3, 0.4) is 0 Å². The van der Waals surface area contributed by atoms with Crippen molar-refractivity contribution >= 4 is 60.3 Å². The minimum absolute atomic E-state index is 0.109. The second kappa shape index (κ2) is 7.59.